The quantitative estimate of drug-likeness (QED) is 0.620. The highest BCUT2D eigenvalue weighted by atomic mass is 19.2. The number of benzene rings is 2. The molecule has 2 nitrogen and oxygen atoms in total. The van der Waals surface area contributed by atoms with Crippen molar-refractivity contribution in [2.75, 3.05) is 7.11 Å². The molecule has 0 radical (unpaired) electrons. The summed E-state index contributed by atoms with van der Waals surface area (Å²) in [4.78, 5) is 0. The Morgan fingerprint density at radius 1 is 0.789 bits per heavy atom. The number of rotatable bonds is 3. The van der Waals surface area contributed by atoms with Crippen LogP contribution in [-0.2, 0) is 0 Å². The number of ether oxygens (including phenoxy) is 2. The molecule has 0 aliphatic carbocycles. The van der Waals surface area contributed by atoms with Gasteiger partial charge in [-0.05, 0) is 24.3 Å². The molecule has 100 valence electrons. The summed E-state index contributed by atoms with van der Waals surface area (Å²) in [6.45, 7) is 0. The van der Waals surface area contributed by atoms with Crippen LogP contribution in [0.2, 0.25) is 0 Å². The topological polar surface area (TPSA) is 18.5 Å². The predicted octanol–water partition coefficient (Wildman–Crippen LogP) is 4.04. The first kappa shape index (κ1) is 13.2. The molecule has 0 atom stereocenters. The van der Waals surface area contributed by atoms with Gasteiger partial charge in [0.25, 0.3) is 0 Å². The Balaban J connectivity index is 2.37. The van der Waals surface area contributed by atoms with Gasteiger partial charge in [-0.3, -0.25) is 0 Å². The fraction of sp³-hybridized carbons (Fsp3) is 0.0769. The fourth-order valence-corrected chi connectivity index (χ4v) is 1.40. The fourth-order valence-electron chi connectivity index (χ4n) is 1.40. The van der Waals surface area contributed by atoms with Crippen LogP contribution in [-0.4, -0.2) is 7.11 Å². The summed E-state index contributed by atoms with van der Waals surface area (Å²) in [7, 11) is 1.44. The summed E-state index contributed by atoms with van der Waals surface area (Å²) >= 11 is 0. The van der Waals surface area contributed by atoms with Crippen molar-refractivity contribution in [3.05, 3.63) is 53.6 Å². The van der Waals surface area contributed by atoms with E-state index in [4.69, 9.17) is 9.47 Å². The van der Waals surface area contributed by atoms with Gasteiger partial charge in [-0.25, -0.2) is 8.78 Å². The largest absolute Gasteiger partial charge is 0.497 e. The molecule has 0 spiro atoms. The zero-order valence-corrected chi connectivity index (χ0v) is 9.72. The summed E-state index contributed by atoms with van der Waals surface area (Å²) < 4.78 is 62.3. The molecule has 0 aliphatic heterocycles. The van der Waals surface area contributed by atoms with Gasteiger partial charge >= 0.3 is 0 Å². The molecule has 0 fully saturated rings. The SMILES string of the molecule is COc1ccc(Oc2c(F)c(F)cc(F)c2F)cc1. The van der Waals surface area contributed by atoms with Gasteiger partial charge in [0.1, 0.15) is 11.5 Å². The second kappa shape index (κ2) is 5.17. The lowest BCUT2D eigenvalue weighted by Crippen LogP contribution is -1.99. The molecule has 2 aromatic rings. The van der Waals surface area contributed by atoms with Gasteiger partial charge in [-0.1, -0.05) is 0 Å². The lowest BCUT2D eigenvalue weighted by molar-refractivity contribution is 0.365. The average molecular weight is 272 g/mol. The van der Waals surface area contributed by atoms with Crippen molar-refractivity contribution in [1.29, 1.82) is 0 Å². The second-order valence-corrected chi connectivity index (χ2v) is 3.57. The summed E-state index contributed by atoms with van der Waals surface area (Å²) in [6, 6.07) is 5.76. The normalized spacial score (nSPS) is 10.4. The molecule has 0 unspecified atom stereocenters. The summed E-state index contributed by atoms with van der Waals surface area (Å²) in [5, 5.41) is 0. The molecule has 0 heterocycles. The van der Waals surface area contributed by atoms with Crippen LogP contribution < -0.4 is 9.47 Å². The van der Waals surface area contributed by atoms with E-state index in [-0.39, 0.29) is 11.8 Å². The molecule has 0 saturated heterocycles. The monoisotopic (exact) mass is 272 g/mol. The summed E-state index contributed by atoms with van der Waals surface area (Å²) in [6.07, 6.45) is 0. The number of halogens is 4. The Morgan fingerprint density at radius 3 is 1.74 bits per heavy atom. The van der Waals surface area contributed by atoms with Crippen LogP contribution in [0.4, 0.5) is 17.6 Å². The third-order valence-corrected chi connectivity index (χ3v) is 2.35. The highest BCUT2D eigenvalue weighted by Crippen LogP contribution is 2.31. The van der Waals surface area contributed by atoms with Crippen molar-refractivity contribution in [3.8, 4) is 17.2 Å². The Labute approximate surface area is 106 Å². The van der Waals surface area contributed by atoms with Gasteiger partial charge in [-0.2, -0.15) is 8.78 Å². The van der Waals surface area contributed by atoms with E-state index in [2.05, 4.69) is 0 Å². The van der Waals surface area contributed by atoms with E-state index >= 15 is 0 Å². The van der Waals surface area contributed by atoms with Crippen LogP contribution in [0.15, 0.2) is 30.3 Å². The lowest BCUT2D eigenvalue weighted by atomic mass is 10.3. The van der Waals surface area contributed by atoms with Crippen LogP contribution in [0.3, 0.4) is 0 Å². The molecule has 0 saturated carbocycles. The zero-order valence-electron chi connectivity index (χ0n) is 9.72. The standard InChI is InChI=1S/C13H8F4O2/c1-18-7-2-4-8(5-3-7)19-13-11(16)9(14)6-10(15)12(13)17/h2-6H,1H3. The molecular formula is C13H8F4O2. The van der Waals surface area contributed by atoms with Crippen LogP contribution in [0.1, 0.15) is 0 Å². The van der Waals surface area contributed by atoms with Gasteiger partial charge in [0.2, 0.25) is 17.4 Å². The van der Waals surface area contributed by atoms with Crippen molar-refractivity contribution >= 4 is 0 Å². The van der Waals surface area contributed by atoms with Crippen LogP contribution in [0.25, 0.3) is 0 Å². The maximum Gasteiger partial charge on any atom is 0.204 e. The third kappa shape index (κ3) is 2.62. The minimum atomic E-state index is -1.59. The molecule has 0 aromatic heterocycles. The van der Waals surface area contributed by atoms with E-state index in [1.54, 1.807) is 0 Å². The van der Waals surface area contributed by atoms with E-state index in [9.17, 15) is 17.6 Å². The minimum absolute atomic E-state index is 0.0172. The molecule has 0 aliphatic rings. The molecule has 19 heavy (non-hydrogen) atoms. The van der Waals surface area contributed by atoms with Gasteiger partial charge in [0.05, 0.1) is 7.11 Å². The molecule has 0 amide bonds. The van der Waals surface area contributed by atoms with Crippen LogP contribution >= 0.6 is 0 Å². The van der Waals surface area contributed by atoms with Crippen molar-refractivity contribution < 1.29 is 27.0 Å². The Hall–Kier alpha value is -2.24. The van der Waals surface area contributed by atoms with Crippen molar-refractivity contribution in [1.82, 2.24) is 0 Å². The lowest BCUT2D eigenvalue weighted by Gasteiger charge is -2.09. The average Bonchev–Trinajstić information content (AvgIpc) is 2.42. The van der Waals surface area contributed by atoms with Crippen molar-refractivity contribution in [3.63, 3.8) is 0 Å². The molecule has 6 heteroatoms. The van der Waals surface area contributed by atoms with Gasteiger partial charge in [-0.15, -0.1) is 0 Å². The third-order valence-electron chi connectivity index (χ3n) is 2.35. The van der Waals surface area contributed by atoms with Crippen molar-refractivity contribution in [2.24, 2.45) is 0 Å². The van der Waals surface area contributed by atoms with E-state index < -0.39 is 29.0 Å². The van der Waals surface area contributed by atoms with Gasteiger partial charge in [0, 0.05) is 6.07 Å². The van der Waals surface area contributed by atoms with Crippen LogP contribution in [0, 0.1) is 23.3 Å². The van der Waals surface area contributed by atoms with Crippen molar-refractivity contribution in [2.45, 2.75) is 0 Å². The van der Waals surface area contributed by atoms with Gasteiger partial charge in [0.15, 0.2) is 11.6 Å². The first-order chi connectivity index (χ1) is 9.02. The number of hydrogen-bond donors (Lipinski definition) is 0. The summed E-state index contributed by atoms with van der Waals surface area (Å²) in [5.41, 5.74) is 0. The smallest absolute Gasteiger partial charge is 0.204 e. The molecule has 2 aromatic carbocycles. The first-order valence-corrected chi connectivity index (χ1v) is 5.18. The first-order valence-electron chi connectivity index (χ1n) is 5.18. The maximum atomic E-state index is 13.3. The second-order valence-electron chi connectivity index (χ2n) is 3.57. The summed E-state index contributed by atoms with van der Waals surface area (Å²) in [5.74, 6) is -6.83. The van der Waals surface area contributed by atoms with Gasteiger partial charge < -0.3 is 9.47 Å². The molecule has 0 bridgehead atoms. The number of hydrogen-bond acceptors (Lipinski definition) is 2. The Kier molecular flexibility index (Phi) is 3.59. The minimum Gasteiger partial charge on any atom is -0.497 e. The molecule has 2 rings (SSSR count). The van der Waals surface area contributed by atoms with Crippen LogP contribution in [0.5, 0.6) is 17.2 Å². The highest BCUT2D eigenvalue weighted by molar-refractivity contribution is 5.37. The molecule has 0 N–H and O–H groups in total. The molecular weight excluding hydrogens is 264 g/mol. The number of methoxy groups -OCH3 is 1. The highest BCUT2D eigenvalue weighted by Gasteiger charge is 2.21. The predicted molar refractivity (Wildman–Crippen MR) is 59.3 cm³/mol. The van der Waals surface area contributed by atoms with E-state index in [0.717, 1.165) is 0 Å². The van der Waals surface area contributed by atoms with E-state index in [1.807, 2.05) is 0 Å². The maximum absolute atomic E-state index is 13.3. The Bertz CT molecular complexity index is 570. The van der Waals surface area contributed by atoms with E-state index in [0.29, 0.717) is 5.75 Å². The van der Waals surface area contributed by atoms with E-state index in [1.165, 1.54) is 31.4 Å². The zero-order chi connectivity index (χ0) is 14.0. The Morgan fingerprint density at radius 2 is 1.26 bits per heavy atom.